The van der Waals surface area contributed by atoms with Gasteiger partial charge in [-0.25, -0.2) is 4.39 Å². The summed E-state index contributed by atoms with van der Waals surface area (Å²) in [5.41, 5.74) is 0.847. The van der Waals surface area contributed by atoms with E-state index < -0.39 is 11.7 Å². The monoisotopic (exact) mass is 273 g/mol. The van der Waals surface area contributed by atoms with E-state index >= 15 is 0 Å². The van der Waals surface area contributed by atoms with E-state index in [1.165, 1.54) is 17.8 Å². The van der Waals surface area contributed by atoms with Crippen LogP contribution in [0, 0.1) is 5.82 Å². The Kier molecular flexibility index (Phi) is 2.83. The number of Topliss-reactive ketones (excluding diaryl/α,β-unsaturated/α-hetero) is 1. The van der Waals surface area contributed by atoms with Gasteiger partial charge in [0, 0.05) is 9.79 Å². The fourth-order valence-electron chi connectivity index (χ4n) is 1.84. The van der Waals surface area contributed by atoms with E-state index in [9.17, 15) is 14.0 Å². The first-order valence-electron chi connectivity index (χ1n) is 5.57. The maximum Gasteiger partial charge on any atom is 0.296 e. The number of nitrogens with one attached hydrogen (secondary N) is 1. The average Bonchev–Trinajstić information content (AvgIpc) is 2.68. The molecule has 0 aliphatic carbocycles. The Morgan fingerprint density at radius 2 is 1.84 bits per heavy atom. The van der Waals surface area contributed by atoms with Gasteiger partial charge in [0.1, 0.15) is 5.82 Å². The molecule has 5 heteroatoms. The van der Waals surface area contributed by atoms with Crippen LogP contribution >= 0.6 is 11.8 Å². The molecule has 0 radical (unpaired) electrons. The van der Waals surface area contributed by atoms with Gasteiger partial charge < -0.3 is 5.32 Å². The van der Waals surface area contributed by atoms with E-state index in [0.29, 0.717) is 16.1 Å². The highest BCUT2D eigenvalue weighted by molar-refractivity contribution is 7.99. The van der Waals surface area contributed by atoms with Crippen molar-refractivity contribution < 1.29 is 14.0 Å². The van der Waals surface area contributed by atoms with Crippen LogP contribution in [0.2, 0.25) is 0 Å². The molecular formula is C14H8FNO2S. The third-order valence-corrected chi connectivity index (χ3v) is 3.80. The number of rotatable bonds is 2. The standard InChI is InChI=1S/C14H8FNO2S/c15-10-3-1-2-4-12(10)19-8-5-6-9-11(7-8)16-14(18)13(9)17/h1-7H,(H,16,17,18). The molecule has 1 aliphatic rings. The SMILES string of the molecule is O=C1Nc2cc(Sc3ccccc3F)ccc2C1=O. The Hall–Kier alpha value is -2.14. The van der Waals surface area contributed by atoms with Gasteiger partial charge in [-0.15, -0.1) is 0 Å². The number of hydrogen-bond acceptors (Lipinski definition) is 3. The Bertz CT molecular complexity index is 700. The van der Waals surface area contributed by atoms with Crippen molar-refractivity contribution in [3.63, 3.8) is 0 Å². The van der Waals surface area contributed by atoms with E-state index in [1.54, 1.807) is 36.4 Å². The smallest absolute Gasteiger partial charge is 0.296 e. The second-order valence-electron chi connectivity index (χ2n) is 4.02. The molecule has 3 rings (SSSR count). The maximum atomic E-state index is 13.5. The number of halogens is 1. The highest BCUT2D eigenvalue weighted by atomic mass is 32.2. The van der Waals surface area contributed by atoms with Gasteiger partial charge in [-0.05, 0) is 30.3 Å². The van der Waals surface area contributed by atoms with Gasteiger partial charge >= 0.3 is 0 Å². The van der Waals surface area contributed by atoms with E-state index in [1.807, 2.05) is 0 Å². The van der Waals surface area contributed by atoms with Crippen molar-refractivity contribution in [1.82, 2.24) is 0 Å². The second-order valence-corrected chi connectivity index (χ2v) is 5.14. The van der Waals surface area contributed by atoms with Crippen LogP contribution in [0.25, 0.3) is 0 Å². The number of hydrogen-bond donors (Lipinski definition) is 1. The van der Waals surface area contributed by atoms with Crippen molar-refractivity contribution in [3.05, 3.63) is 53.8 Å². The summed E-state index contributed by atoms with van der Waals surface area (Å²) in [6, 6.07) is 11.4. The first kappa shape index (κ1) is 11.9. The molecule has 0 fully saturated rings. The minimum atomic E-state index is -0.622. The zero-order valence-electron chi connectivity index (χ0n) is 9.64. The molecule has 2 aromatic carbocycles. The van der Waals surface area contributed by atoms with Crippen molar-refractivity contribution in [2.45, 2.75) is 9.79 Å². The zero-order valence-corrected chi connectivity index (χ0v) is 10.5. The van der Waals surface area contributed by atoms with Gasteiger partial charge in [0.2, 0.25) is 0 Å². The van der Waals surface area contributed by atoms with Crippen LogP contribution in [0.3, 0.4) is 0 Å². The molecule has 1 heterocycles. The summed E-state index contributed by atoms with van der Waals surface area (Å²) in [6.45, 7) is 0. The van der Waals surface area contributed by atoms with Gasteiger partial charge in [-0.2, -0.15) is 0 Å². The average molecular weight is 273 g/mol. The third-order valence-electron chi connectivity index (χ3n) is 2.75. The van der Waals surface area contributed by atoms with Crippen molar-refractivity contribution in [2.75, 3.05) is 5.32 Å². The Balaban J connectivity index is 1.93. The number of anilines is 1. The highest BCUT2D eigenvalue weighted by Gasteiger charge is 2.27. The highest BCUT2D eigenvalue weighted by Crippen LogP contribution is 2.34. The van der Waals surface area contributed by atoms with Crippen LogP contribution in [0.5, 0.6) is 0 Å². The summed E-state index contributed by atoms with van der Waals surface area (Å²) in [5.74, 6) is -1.45. The number of carbonyl (C=O) groups excluding carboxylic acids is 2. The molecule has 1 N–H and O–H groups in total. The lowest BCUT2D eigenvalue weighted by Gasteiger charge is -2.04. The molecule has 3 nitrogen and oxygen atoms in total. The van der Waals surface area contributed by atoms with Gasteiger partial charge in [0.25, 0.3) is 11.7 Å². The zero-order chi connectivity index (χ0) is 13.4. The first-order valence-corrected chi connectivity index (χ1v) is 6.39. The number of amides is 1. The molecule has 1 aliphatic heterocycles. The summed E-state index contributed by atoms with van der Waals surface area (Å²) >= 11 is 1.25. The lowest BCUT2D eigenvalue weighted by Crippen LogP contribution is -2.12. The van der Waals surface area contributed by atoms with E-state index in [0.717, 1.165) is 4.90 Å². The van der Waals surface area contributed by atoms with Crippen LogP contribution in [0.1, 0.15) is 10.4 Å². The fourth-order valence-corrected chi connectivity index (χ4v) is 2.72. The molecule has 0 atom stereocenters. The molecule has 94 valence electrons. The van der Waals surface area contributed by atoms with Gasteiger partial charge in [0.05, 0.1) is 11.3 Å². The van der Waals surface area contributed by atoms with E-state index in [2.05, 4.69) is 5.32 Å². The molecule has 0 saturated heterocycles. The van der Waals surface area contributed by atoms with Gasteiger partial charge in [-0.3, -0.25) is 9.59 Å². The van der Waals surface area contributed by atoms with Crippen molar-refractivity contribution in [3.8, 4) is 0 Å². The predicted octanol–water partition coefficient (Wildman–Crippen LogP) is 3.11. The molecule has 0 bridgehead atoms. The van der Waals surface area contributed by atoms with Crippen molar-refractivity contribution in [2.24, 2.45) is 0 Å². The molecule has 2 aromatic rings. The molecule has 0 unspecified atom stereocenters. The van der Waals surface area contributed by atoms with Gasteiger partial charge in [-0.1, -0.05) is 23.9 Å². The number of fused-ring (bicyclic) bond motifs is 1. The number of carbonyl (C=O) groups is 2. The van der Waals surface area contributed by atoms with Crippen LogP contribution in [-0.2, 0) is 4.79 Å². The van der Waals surface area contributed by atoms with E-state index in [-0.39, 0.29) is 5.82 Å². The largest absolute Gasteiger partial charge is 0.318 e. The third kappa shape index (κ3) is 2.13. The summed E-state index contributed by atoms with van der Waals surface area (Å²) in [6.07, 6.45) is 0. The first-order chi connectivity index (χ1) is 9.15. The lowest BCUT2D eigenvalue weighted by atomic mass is 10.1. The Labute approximate surface area is 112 Å². The lowest BCUT2D eigenvalue weighted by molar-refractivity contribution is -0.112. The van der Waals surface area contributed by atoms with Crippen molar-refractivity contribution >= 4 is 29.1 Å². The summed E-state index contributed by atoms with van der Waals surface area (Å²) in [4.78, 5) is 23.9. The fraction of sp³-hybridized carbons (Fsp3) is 0. The molecule has 19 heavy (non-hydrogen) atoms. The maximum absolute atomic E-state index is 13.5. The van der Waals surface area contributed by atoms with Crippen molar-refractivity contribution in [1.29, 1.82) is 0 Å². The quantitative estimate of drug-likeness (QED) is 0.855. The van der Waals surface area contributed by atoms with Crippen LogP contribution in [-0.4, -0.2) is 11.7 Å². The minimum Gasteiger partial charge on any atom is -0.318 e. The number of ketones is 1. The van der Waals surface area contributed by atoms with Crippen LogP contribution in [0.4, 0.5) is 10.1 Å². The molecule has 0 spiro atoms. The predicted molar refractivity (Wildman–Crippen MR) is 69.9 cm³/mol. The Morgan fingerprint density at radius 3 is 2.63 bits per heavy atom. The van der Waals surface area contributed by atoms with Gasteiger partial charge in [0.15, 0.2) is 0 Å². The molecule has 0 saturated carbocycles. The van der Waals surface area contributed by atoms with Crippen LogP contribution in [0.15, 0.2) is 52.3 Å². The number of benzene rings is 2. The second kappa shape index (κ2) is 4.51. The normalized spacial score (nSPS) is 13.3. The summed E-state index contributed by atoms with van der Waals surface area (Å²) in [7, 11) is 0. The van der Waals surface area contributed by atoms with E-state index in [4.69, 9.17) is 0 Å². The summed E-state index contributed by atoms with van der Waals surface area (Å²) in [5, 5.41) is 2.49. The molecular weight excluding hydrogens is 265 g/mol. The van der Waals surface area contributed by atoms with Crippen LogP contribution < -0.4 is 5.32 Å². The Morgan fingerprint density at radius 1 is 1.05 bits per heavy atom. The minimum absolute atomic E-state index is 0.298. The topological polar surface area (TPSA) is 46.2 Å². The molecule has 0 aromatic heterocycles. The molecule has 1 amide bonds. The summed E-state index contributed by atoms with van der Waals surface area (Å²) < 4.78 is 13.5.